The lowest BCUT2D eigenvalue weighted by atomic mass is 10.3. The van der Waals surface area contributed by atoms with E-state index in [1.807, 2.05) is 19.2 Å². The fourth-order valence-electron chi connectivity index (χ4n) is 1.20. The Bertz CT molecular complexity index is 320. The number of nitrogens with zero attached hydrogens (tertiary/aromatic N) is 1. The molecule has 5 heteroatoms. The Morgan fingerprint density at radius 1 is 1.67 bits per heavy atom. The number of aryl methyl sites for hydroxylation is 1. The molecule has 1 unspecified atom stereocenters. The molecule has 0 saturated carbocycles. The Labute approximate surface area is 98.3 Å². The zero-order valence-corrected chi connectivity index (χ0v) is 10.5. The van der Waals surface area contributed by atoms with E-state index in [4.69, 9.17) is 10.5 Å². The Morgan fingerprint density at radius 2 is 2.40 bits per heavy atom. The Balaban J connectivity index is 2.70. The van der Waals surface area contributed by atoms with Crippen LogP contribution in [0.4, 0.5) is 5.82 Å². The van der Waals surface area contributed by atoms with E-state index >= 15 is 0 Å². The van der Waals surface area contributed by atoms with Crippen molar-refractivity contribution >= 4 is 21.7 Å². The molecule has 0 aliphatic heterocycles. The number of methoxy groups -OCH3 is 1. The fourth-order valence-corrected chi connectivity index (χ4v) is 1.78. The quantitative estimate of drug-likeness (QED) is 0.855. The summed E-state index contributed by atoms with van der Waals surface area (Å²) in [6, 6.07) is 2.09. The normalized spacial score (nSPS) is 12.5. The highest BCUT2D eigenvalue weighted by molar-refractivity contribution is 9.10. The highest BCUT2D eigenvalue weighted by Gasteiger charge is 2.08. The van der Waals surface area contributed by atoms with E-state index < -0.39 is 0 Å². The molecule has 1 heterocycles. The molecule has 0 fully saturated rings. The second-order valence-corrected chi connectivity index (χ2v) is 4.23. The number of nitrogens with one attached hydrogen (secondary N) is 1. The summed E-state index contributed by atoms with van der Waals surface area (Å²) in [6.45, 7) is 3.07. The van der Waals surface area contributed by atoms with Gasteiger partial charge in [-0.15, -0.1) is 0 Å². The minimum atomic E-state index is 0.0847. The molecule has 15 heavy (non-hydrogen) atoms. The van der Waals surface area contributed by atoms with Gasteiger partial charge in [-0.25, -0.2) is 4.98 Å². The van der Waals surface area contributed by atoms with Gasteiger partial charge >= 0.3 is 0 Å². The Morgan fingerprint density at radius 3 is 2.93 bits per heavy atom. The van der Waals surface area contributed by atoms with Gasteiger partial charge in [-0.1, -0.05) is 0 Å². The maximum atomic E-state index is 5.60. The van der Waals surface area contributed by atoms with Crippen LogP contribution >= 0.6 is 15.9 Å². The van der Waals surface area contributed by atoms with Crippen LogP contribution < -0.4 is 11.1 Å². The van der Waals surface area contributed by atoms with Crippen molar-refractivity contribution in [3.8, 4) is 0 Å². The standard InChI is InChI=1S/C10H16BrN3O/c1-7-3-9(11)10(13-5-7)14-8(4-12)6-15-2/h3,5,8H,4,6,12H2,1-2H3,(H,13,14). The first-order chi connectivity index (χ1) is 7.17. The number of hydrogen-bond donors (Lipinski definition) is 2. The lowest BCUT2D eigenvalue weighted by Crippen LogP contribution is -2.33. The number of anilines is 1. The third kappa shape index (κ3) is 3.77. The first-order valence-electron chi connectivity index (χ1n) is 4.75. The summed E-state index contributed by atoms with van der Waals surface area (Å²) in [4.78, 5) is 4.28. The molecule has 1 atom stereocenters. The first kappa shape index (κ1) is 12.4. The first-order valence-corrected chi connectivity index (χ1v) is 5.54. The van der Waals surface area contributed by atoms with Gasteiger partial charge in [0.25, 0.3) is 0 Å². The summed E-state index contributed by atoms with van der Waals surface area (Å²) < 4.78 is 5.99. The second kappa shape index (κ2) is 6.05. The van der Waals surface area contributed by atoms with E-state index in [-0.39, 0.29) is 6.04 Å². The van der Waals surface area contributed by atoms with Gasteiger partial charge in [0.1, 0.15) is 5.82 Å². The average molecular weight is 274 g/mol. The van der Waals surface area contributed by atoms with Gasteiger partial charge in [0.2, 0.25) is 0 Å². The van der Waals surface area contributed by atoms with Gasteiger partial charge in [0.15, 0.2) is 0 Å². The van der Waals surface area contributed by atoms with Gasteiger partial charge in [0, 0.05) is 19.9 Å². The number of aromatic nitrogens is 1. The smallest absolute Gasteiger partial charge is 0.140 e. The lowest BCUT2D eigenvalue weighted by molar-refractivity contribution is 0.187. The van der Waals surface area contributed by atoms with Gasteiger partial charge < -0.3 is 15.8 Å². The van der Waals surface area contributed by atoms with E-state index in [0.29, 0.717) is 13.2 Å². The van der Waals surface area contributed by atoms with Crippen molar-refractivity contribution in [3.05, 3.63) is 22.3 Å². The third-order valence-corrected chi connectivity index (χ3v) is 2.58. The summed E-state index contributed by atoms with van der Waals surface area (Å²) in [5.41, 5.74) is 6.72. The third-order valence-electron chi connectivity index (χ3n) is 1.97. The summed E-state index contributed by atoms with van der Waals surface area (Å²) in [7, 11) is 1.65. The minimum absolute atomic E-state index is 0.0847. The molecule has 0 radical (unpaired) electrons. The molecular weight excluding hydrogens is 258 g/mol. The molecule has 0 amide bonds. The molecule has 1 aromatic heterocycles. The molecule has 0 spiro atoms. The second-order valence-electron chi connectivity index (χ2n) is 3.38. The van der Waals surface area contributed by atoms with E-state index in [0.717, 1.165) is 15.9 Å². The molecule has 84 valence electrons. The molecule has 0 aliphatic rings. The van der Waals surface area contributed by atoms with Gasteiger partial charge in [-0.2, -0.15) is 0 Å². The van der Waals surface area contributed by atoms with Crippen LogP contribution in [0.3, 0.4) is 0 Å². The summed E-state index contributed by atoms with van der Waals surface area (Å²) >= 11 is 3.45. The predicted octanol–water partition coefficient (Wildman–Crippen LogP) is 1.54. The number of pyridine rings is 1. The maximum Gasteiger partial charge on any atom is 0.140 e. The van der Waals surface area contributed by atoms with Crippen molar-refractivity contribution in [2.45, 2.75) is 13.0 Å². The predicted molar refractivity (Wildman–Crippen MR) is 65.0 cm³/mol. The number of ether oxygens (including phenoxy) is 1. The van der Waals surface area contributed by atoms with E-state index in [1.54, 1.807) is 7.11 Å². The van der Waals surface area contributed by atoms with E-state index in [2.05, 4.69) is 26.2 Å². The van der Waals surface area contributed by atoms with Crippen molar-refractivity contribution in [1.29, 1.82) is 0 Å². The average Bonchev–Trinajstić information content (AvgIpc) is 2.21. The molecule has 1 rings (SSSR count). The largest absolute Gasteiger partial charge is 0.383 e. The maximum absolute atomic E-state index is 5.60. The monoisotopic (exact) mass is 273 g/mol. The highest BCUT2D eigenvalue weighted by atomic mass is 79.9. The van der Waals surface area contributed by atoms with Crippen LogP contribution in [0.25, 0.3) is 0 Å². The van der Waals surface area contributed by atoms with Gasteiger partial charge in [-0.3, -0.25) is 0 Å². The SMILES string of the molecule is COCC(CN)Nc1ncc(C)cc1Br. The molecule has 0 saturated heterocycles. The Kier molecular flexibility index (Phi) is 5.01. The van der Waals surface area contributed by atoms with Gasteiger partial charge in [0.05, 0.1) is 17.1 Å². The van der Waals surface area contributed by atoms with Crippen LogP contribution in [0, 0.1) is 6.92 Å². The Hall–Kier alpha value is -0.650. The van der Waals surface area contributed by atoms with Crippen LogP contribution in [0.1, 0.15) is 5.56 Å². The molecule has 3 N–H and O–H groups in total. The topological polar surface area (TPSA) is 60.2 Å². The zero-order chi connectivity index (χ0) is 11.3. The molecule has 0 bridgehead atoms. The van der Waals surface area contributed by atoms with Crippen LogP contribution in [0.5, 0.6) is 0 Å². The summed E-state index contributed by atoms with van der Waals surface area (Å²) in [5.74, 6) is 0.799. The van der Waals surface area contributed by atoms with Crippen molar-refractivity contribution in [3.63, 3.8) is 0 Å². The molecular formula is C10H16BrN3O. The number of nitrogens with two attached hydrogens (primary N) is 1. The van der Waals surface area contributed by atoms with Crippen molar-refractivity contribution in [2.24, 2.45) is 5.73 Å². The zero-order valence-electron chi connectivity index (χ0n) is 8.96. The molecule has 0 aliphatic carbocycles. The van der Waals surface area contributed by atoms with Crippen molar-refractivity contribution in [2.75, 3.05) is 25.6 Å². The number of rotatable bonds is 5. The van der Waals surface area contributed by atoms with E-state index in [9.17, 15) is 0 Å². The van der Waals surface area contributed by atoms with Crippen LogP contribution in [0.15, 0.2) is 16.7 Å². The van der Waals surface area contributed by atoms with Crippen molar-refractivity contribution < 1.29 is 4.74 Å². The highest BCUT2D eigenvalue weighted by Crippen LogP contribution is 2.20. The molecule has 4 nitrogen and oxygen atoms in total. The van der Waals surface area contributed by atoms with Crippen LogP contribution in [-0.4, -0.2) is 31.3 Å². The number of hydrogen-bond acceptors (Lipinski definition) is 4. The molecule has 0 aromatic carbocycles. The van der Waals surface area contributed by atoms with Gasteiger partial charge in [-0.05, 0) is 34.5 Å². The van der Waals surface area contributed by atoms with Crippen LogP contribution in [0.2, 0.25) is 0 Å². The van der Waals surface area contributed by atoms with E-state index in [1.165, 1.54) is 0 Å². The van der Waals surface area contributed by atoms with Crippen LogP contribution in [-0.2, 0) is 4.74 Å². The molecule has 1 aromatic rings. The number of halogens is 1. The minimum Gasteiger partial charge on any atom is -0.383 e. The fraction of sp³-hybridized carbons (Fsp3) is 0.500. The lowest BCUT2D eigenvalue weighted by Gasteiger charge is -2.17. The summed E-state index contributed by atoms with van der Waals surface area (Å²) in [6.07, 6.45) is 1.81. The van der Waals surface area contributed by atoms with Crippen molar-refractivity contribution in [1.82, 2.24) is 4.98 Å². The summed E-state index contributed by atoms with van der Waals surface area (Å²) in [5, 5.41) is 3.22.